The Morgan fingerprint density at radius 3 is 2.19 bits per heavy atom. The van der Waals surface area contributed by atoms with Crippen molar-refractivity contribution in [2.45, 2.75) is 71.4 Å². The number of halogens is 2. The predicted octanol–water partition coefficient (Wildman–Crippen LogP) is 7.45. The number of carbonyl (C=O) groups is 3. The van der Waals surface area contributed by atoms with E-state index in [1.165, 1.54) is 0 Å². The minimum absolute atomic E-state index is 0.137. The fourth-order valence-electron chi connectivity index (χ4n) is 9.26. The van der Waals surface area contributed by atoms with Crippen molar-refractivity contribution in [3.05, 3.63) is 92.7 Å². The molecule has 0 atom stereocenters. The summed E-state index contributed by atoms with van der Waals surface area (Å²) in [5, 5.41) is 16.3. The summed E-state index contributed by atoms with van der Waals surface area (Å²) in [5.41, 5.74) is 6.21. The first-order valence-corrected chi connectivity index (χ1v) is 19.6. The largest absolute Gasteiger partial charge is 0.481 e. The van der Waals surface area contributed by atoms with Crippen molar-refractivity contribution in [3.63, 3.8) is 0 Å². The number of aromatic nitrogens is 3. The smallest absolute Gasteiger partial charge is 0.309 e. The maximum absolute atomic E-state index is 13.7. The molecule has 4 aromatic rings. The first kappa shape index (κ1) is 36.7. The van der Waals surface area contributed by atoms with Crippen molar-refractivity contribution < 1.29 is 19.5 Å². The highest BCUT2D eigenvalue weighted by Crippen LogP contribution is 2.63. The van der Waals surface area contributed by atoms with Crippen LogP contribution in [0.25, 0.3) is 11.1 Å². The summed E-state index contributed by atoms with van der Waals surface area (Å²) < 4.78 is 1.87. The molecule has 2 aliphatic carbocycles. The van der Waals surface area contributed by atoms with Crippen LogP contribution in [-0.2, 0) is 37.8 Å². The zero-order valence-electron chi connectivity index (χ0n) is 30.7. The van der Waals surface area contributed by atoms with Crippen molar-refractivity contribution in [1.29, 1.82) is 0 Å². The van der Waals surface area contributed by atoms with Gasteiger partial charge in [-0.15, -0.1) is 0 Å². The zero-order chi connectivity index (χ0) is 37.8. The fraction of sp³-hybridized carbons (Fsp3) is 0.439. The summed E-state index contributed by atoms with van der Waals surface area (Å²) in [5.74, 6) is -1.04. The molecular weight excluding hydrogens is 725 g/mol. The van der Waals surface area contributed by atoms with Crippen LogP contribution in [0.2, 0.25) is 10.0 Å². The number of benzene rings is 2. The maximum atomic E-state index is 13.7. The summed E-state index contributed by atoms with van der Waals surface area (Å²) >= 11 is 13.9. The van der Waals surface area contributed by atoms with Gasteiger partial charge in [-0.05, 0) is 92.8 Å². The second kappa shape index (κ2) is 14.4. The van der Waals surface area contributed by atoms with Gasteiger partial charge in [-0.3, -0.25) is 29.2 Å². The molecule has 0 radical (unpaired) electrons. The molecule has 2 aromatic carbocycles. The summed E-state index contributed by atoms with van der Waals surface area (Å²) in [7, 11) is 1.87. The van der Waals surface area contributed by atoms with Crippen molar-refractivity contribution >= 4 is 52.4 Å². The number of nitrogens with one attached hydrogen (secondary N) is 2. The molecule has 11 nitrogen and oxygen atoms in total. The minimum atomic E-state index is -0.626. The van der Waals surface area contributed by atoms with Gasteiger partial charge in [-0.1, -0.05) is 54.4 Å². The highest BCUT2D eigenvalue weighted by atomic mass is 35.5. The first-order chi connectivity index (χ1) is 26.0. The molecule has 4 heterocycles. The summed E-state index contributed by atoms with van der Waals surface area (Å²) in [6.07, 6.45) is 8.81. The molecule has 4 aliphatic rings. The fourth-order valence-corrected chi connectivity index (χ4v) is 9.81. The Labute approximate surface area is 325 Å². The summed E-state index contributed by atoms with van der Waals surface area (Å²) in [6.45, 7) is 7.31. The SMILES string of the molecule is CCN1CCc2cc(C(=O)Nc3cccc(-c4cccc(NC(=O)c5nc6c(n5C)CCN(CCC57CCC(C(=O)O)(CC5)C7)C6)c4Cl)c3Cl)ncc2C1. The minimum Gasteiger partial charge on any atom is -0.481 e. The van der Waals surface area contributed by atoms with E-state index in [9.17, 15) is 19.5 Å². The lowest BCUT2D eigenvalue weighted by atomic mass is 9.80. The van der Waals surface area contributed by atoms with Crippen molar-refractivity contribution in [2.24, 2.45) is 17.9 Å². The number of nitrogens with zero attached hydrogens (tertiary/aromatic N) is 5. The number of carbonyl (C=O) groups excluding carboxylic acids is 2. The monoisotopic (exact) mass is 769 g/mol. The Kier molecular flexibility index (Phi) is 9.79. The first-order valence-electron chi connectivity index (χ1n) is 18.9. The Hall–Kier alpha value is -4.29. The van der Waals surface area contributed by atoms with E-state index in [2.05, 4.69) is 32.3 Å². The van der Waals surface area contributed by atoms with Crippen molar-refractivity contribution in [1.82, 2.24) is 24.3 Å². The molecule has 0 unspecified atom stereocenters. The van der Waals surface area contributed by atoms with E-state index < -0.39 is 11.4 Å². The predicted molar refractivity (Wildman–Crippen MR) is 209 cm³/mol. The number of likely N-dealkylation sites (N-methyl/N-ethyl adjacent to an activating group) is 1. The standard InChI is InChI=1S/C41H45Cl2N7O4/c1-3-49-17-10-25-20-31(44-21-26(25)22-49)37(51)46-29-8-4-6-27(34(29)42)28-7-5-9-30(35(28)43)47-38(52)36-45-32-23-50(18-11-33(32)48(36)2)19-16-40-12-14-41(24-40,15-13-40)39(53)54/h4-9,20-21H,3,10-19,22-24H2,1-2H3,(H,46,51)(H,47,52)(H,53,54). The van der Waals surface area contributed by atoms with Crippen LogP contribution in [-0.4, -0.2) is 73.4 Å². The van der Waals surface area contributed by atoms with E-state index in [0.717, 1.165) is 107 Å². The number of carboxylic acid groups (broad SMARTS) is 1. The van der Waals surface area contributed by atoms with Crippen LogP contribution in [0.5, 0.6) is 0 Å². The summed E-state index contributed by atoms with van der Waals surface area (Å²) in [4.78, 5) is 52.9. The third kappa shape index (κ3) is 6.69. The van der Waals surface area contributed by atoms with Gasteiger partial charge in [-0.2, -0.15) is 0 Å². The Bertz CT molecular complexity index is 2160. The zero-order valence-corrected chi connectivity index (χ0v) is 32.2. The normalized spacial score (nSPS) is 22.1. The molecule has 54 heavy (non-hydrogen) atoms. The van der Waals surface area contributed by atoms with E-state index >= 15 is 0 Å². The molecule has 2 aliphatic heterocycles. The third-order valence-corrected chi connectivity index (χ3v) is 13.4. The van der Waals surface area contributed by atoms with Gasteiger partial charge in [0.05, 0.1) is 32.5 Å². The van der Waals surface area contributed by atoms with E-state index in [1.54, 1.807) is 30.5 Å². The number of imidazole rings is 1. The maximum Gasteiger partial charge on any atom is 0.309 e. The molecule has 13 heteroatoms. The molecule has 2 aromatic heterocycles. The van der Waals surface area contributed by atoms with Gasteiger partial charge in [-0.25, -0.2) is 4.98 Å². The molecule has 0 spiro atoms. The lowest BCUT2D eigenvalue weighted by molar-refractivity contribution is -0.148. The lowest BCUT2D eigenvalue weighted by Crippen LogP contribution is -2.34. The molecule has 8 rings (SSSR count). The van der Waals surface area contributed by atoms with Crippen LogP contribution < -0.4 is 10.6 Å². The number of amides is 2. The van der Waals surface area contributed by atoms with Gasteiger partial charge in [0.1, 0.15) is 5.69 Å². The van der Waals surface area contributed by atoms with Gasteiger partial charge in [0, 0.05) is 62.7 Å². The lowest BCUT2D eigenvalue weighted by Gasteiger charge is -2.32. The van der Waals surface area contributed by atoms with Gasteiger partial charge < -0.3 is 20.3 Å². The van der Waals surface area contributed by atoms with Gasteiger partial charge in [0.25, 0.3) is 11.8 Å². The topological polar surface area (TPSA) is 133 Å². The van der Waals surface area contributed by atoms with Gasteiger partial charge in [0.2, 0.25) is 0 Å². The number of pyridine rings is 1. The number of hydrogen-bond acceptors (Lipinski definition) is 7. The number of aliphatic carboxylic acids is 1. The highest BCUT2D eigenvalue weighted by molar-refractivity contribution is 6.40. The third-order valence-electron chi connectivity index (χ3n) is 12.6. The Morgan fingerprint density at radius 2 is 1.54 bits per heavy atom. The second-order valence-electron chi connectivity index (χ2n) is 15.6. The number of hydrogen-bond donors (Lipinski definition) is 3. The molecule has 2 bridgehead atoms. The molecule has 0 saturated heterocycles. The molecule has 2 fully saturated rings. The van der Waals surface area contributed by atoms with Crippen LogP contribution in [0.3, 0.4) is 0 Å². The number of rotatable bonds is 10. The average molecular weight is 771 g/mol. The Morgan fingerprint density at radius 1 is 0.870 bits per heavy atom. The Balaban J connectivity index is 0.937. The van der Waals surface area contributed by atoms with Crippen LogP contribution in [0, 0.1) is 10.8 Å². The van der Waals surface area contributed by atoms with E-state index in [1.807, 2.05) is 29.8 Å². The number of fused-ring (bicyclic) bond motifs is 4. The van der Waals surface area contributed by atoms with Crippen LogP contribution >= 0.6 is 23.2 Å². The van der Waals surface area contributed by atoms with Crippen molar-refractivity contribution in [3.8, 4) is 11.1 Å². The van der Waals surface area contributed by atoms with Gasteiger partial charge >= 0.3 is 5.97 Å². The van der Waals surface area contributed by atoms with Gasteiger partial charge in [0.15, 0.2) is 5.82 Å². The average Bonchev–Trinajstić information content (AvgIpc) is 3.86. The molecule has 2 amide bonds. The van der Waals surface area contributed by atoms with Crippen LogP contribution in [0.4, 0.5) is 11.4 Å². The summed E-state index contributed by atoms with van der Waals surface area (Å²) in [6, 6.07) is 12.6. The van der Waals surface area contributed by atoms with Crippen LogP contribution in [0.15, 0.2) is 48.7 Å². The molecule has 3 N–H and O–H groups in total. The van der Waals surface area contributed by atoms with Crippen molar-refractivity contribution in [2.75, 3.05) is 36.8 Å². The number of carboxylic acids is 1. The van der Waals surface area contributed by atoms with Crippen LogP contribution in [0.1, 0.15) is 89.1 Å². The molecule has 282 valence electrons. The molecule has 2 saturated carbocycles. The highest BCUT2D eigenvalue weighted by Gasteiger charge is 2.57. The van der Waals surface area contributed by atoms with E-state index in [0.29, 0.717) is 50.6 Å². The number of anilines is 2. The van der Waals surface area contributed by atoms with E-state index in [4.69, 9.17) is 28.2 Å². The second-order valence-corrected chi connectivity index (χ2v) is 16.4. The van der Waals surface area contributed by atoms with E-state index in [-0.39, 0.29) is 17.2 Å². The quantitative estimate of drug-likeness (QED) is 0.152. The molecular formula is C41H45Cl2N7O4.